The summed E-state index contributed by atoms with van der Waals surface area (Å²) in [4.78, 5) is 37.0. The average Bonchev–Trinajstić information content (AvgIpc) is 2.85. The minimum atomic E-state index is -2.89. The lowest BCUT2D eigenvalue weighted by Crippen LogP contribution is -2.71. The fourth-order valence-corrected chi connectivity index (χ4v) is 4.78. The molecule has 8 nitrogen and oxygen atoms in total. The average molecular weight is 369 g/mol. The van der Waals surface area contributed by atoms with Gasteiger partial charge >= 0.3 is 5.97 Å². The van der Waals surface area contributed by atoms with Crippen molar-refractivity contribution in [1.82, 2.24) is 10.2 Å². The van der Waals surface area contributed by atoms with Gasteiger partial charge in [-0.25, -0.2) is 4.79 Å². The van der Waals surface area contributed by atoms with Gasteiger partial charge in [-0.3, -0.25) is 13.8 Å². The number of β-lactam (4-membered cyclic amide) rings is 1. The van der Waals surface area contributed by atoms with Crippen LogP contribution in [0.2, 0.25) is 0 Å². The molecule has 25 heavy (non-hydrogen) atoms. The number of para-hydroxylation sites is 1. The number of fused-ring (bicyclic) bond motifs is 1. The van der Waals surface area contributed by atoms with Gasteiger partial charge in [-0.1, -0.05) is 18.2 Å². The normalized spacial score (nSPS) is 35.6. The van der Waals surface area contributed by atoms with E-state index < -0.39 is 64.2 Å². The van der Waals surface area contributed by atoms with Crippen molar-refractivity contribution in [1.29, 1.82) is 0 Å². The number of aliphatic carboxylic acids is 1. The first-order chi connectivity index (χ1) is 13.0. The van der Waals surface area contributed by atoms with Crippen molar-refractivity contribution in [2.75, 3.05) is 6.61 Å². The molecule has 5 atom stereocenters. The molecule has 2 aliphatic rings. The largest absolute Gasteiger partial charge is 0.484 e. The van der Waals surface area contributed by atoms with Gasteiger partial charge in [0.1, 0.15) is 23.2 Å². The summed E-state index contributed by atoms with van der Waals surface area (Å²) < 4.78 is 39.0. The summed E-state index contributed by atoms with van der Waals surface area (Å²) in [5.74, 6) is -2.58. The smallest absolute Gasteiger partial charge is 0.328 e. The second-order valence-electron chi connectivity index (χ2n) is 5.93. The quantitative estimate of drug-likeness (QED) is 0.690. The van der Waals surface area contributed by atoms with Gasteiger partial charge in [-0.2, -0.15) is 0 Å². The third-order valence-electron chi connectivity index (χ3n) is 4.18. The van der Waals surface area contributed by atoms with Crippen molar-refractivity contribution in [2.45, 2.75) is 36.0 Å². The van der Waals surface area contributed by atoms with E-state index >= 15 is 0 Å². The number of carbonyl (C=O) groups is 3. The number of carboxylic acid groups (broad SMARTS) is 1. The molecule has 0 bridgehead atoms. The monoisotopic (exact) mass is 369 g/mol. The fraction of sp³-hybridized carbons (Fsp3) is 0.438. The molecule has 2 fully saturated rings. The van der Waals surface area contributed by atoms with Gasteiger partial charge < -0.3 is 20.1 Å². The molecule has 2 heterocycles. The van der Waals surface area contributed by atoms with E-state index in [0.29, 0.717) is 5.75 Å². The molecule has 0 spiro atoms. The third kappa shape index (κ3) is 2.78. The summed E-state index contributed by atoms with van der Waals surface area (Å²) in [5.41, 5.74) is 0. The van der Waals surface area contributed by atoms with Crippen LogP contribution in [0.1, 0.15) is 17.9 Å². The van der Waals surface area contributed by atoms with E-state index in [1.165, 1.54) is 0 Å². The summed E-state index contributed by atoms with van der Waals surface area (Å²) in [6, 6.07) is 5.42. The summed E-state index contributed by atoms with van der Waals surface area (Å²) in [6.07, 6.45) is 0. The number of hydrogen-bond acceptors (Lipinski definition) is 5. The highest BCUT2D eigenvalue weighted by Crippen LogP contribution is 2.43. The molecule has 2 amide bonds. The zero-order chi connectivity index (χ0) is 20.9. The second-order valence-corrected chi connectivity index (χ2v) is 7.85. The predicted molar refractivity (Wildman–Crippen MR) is 88.1 cm³/mol. The summed E-state index contributed by atoms with van der Waals surface area (Å²) in [6.45, 7) is -2.23. The van der Waals surface area contributed by atoms with Gasteiger partial charge in [-0.15, -0.1) is 0 Å². The van der Waals surface area contributed by atoms with Gasteiger partial charge in [-0.05, 0) is 25.9 Å². The number of rotatable bonds is 5. The summed E-state index contributed by atoms with van der Waals surface area (Å²) in [7, 11) is -2.24. The first-order valence-electron chi connectivity index (χ1n) is 8.93. The minimum Gasteiger partial charge on any atom is -0.484 e. The Bertz CT molecular complexity index is 849. The third-order valence-corrected chi connectivity index (χ3v) is 6.18. The lowest BCUT2D eigenvalue weighted by molar-refractivity contribution is -0.161. The standard InChI is InChI=1S/C16H18N2O6S/c1-16(2)12(15(21)22)18-13(20)11(14(18)25(16)23)17-10(19)8-24-9-6-4-3-5-7-9/h3-7,11-12,14H,8H2,1-2H3,(H,17,19)(H,21,22)/t11-,12+,14-,25-/m1/s1/i1D3/t11-,12+,14-,16-,25-. The summed E-state index contributed by atoms with van der Waals surface area (Å²) >= 11 is 0. The highest BCUT2D eigenvalue weighted by atomic mass is 32.2. The SMILES string of the molecule is [2H]C([2H])([2H])[C@@]1(C)[C@H](C(=O)O)N2C(=O)[C@@H](NC(=O)COc3ccccc3)[C@H]2[S@]1=O. The molecule has 0 radical (unpaired) electrons. The Morgan fingerprint density at radius 1 is 1.44 bits per heavy atom. The van der Waals surface area contributed by atoms with Crippen LogP contribution in [-0.4, -0.2) is 60.8 Å². The number of carbonyl (C=O) groups excluding carboxylic acids is 2. The van der Waals surface area contributed by atoms with Crippen molar-refractivity contribution in [2.24, 2.45) is 0 Å². The number of carboxylic acids is 1. The molecule has 0 saturated carbocycles. The number of ether oxygens (including phenoxy) is 1. The van der Waals surface area contributed by atoms with Crippen molar-refractivity contribution in [3.63, 3.8) is 0 Å². The maximum absolute atomic E-state index is 12.9. The van der Waals surface area contributed by atoms with Gasteiger partial charge in [0.05, 0.1) is 15.5 Å². The molecule has 9 heteroatoms. The molecule has 0 unspecified atom stereocenters. The predicted octanol–water partition coefficient (Wildman–Crippen LogP) is -0.287. The van der Waals surface area contributed by atoms with E-state index in [-0.39, 0.29) is 0 Å². The molecular weight excluding hydrogens is 348 g/mol. The molecule has 1 aromatic carbocycles. The van der Waals surface area contributed by atoms with Crippen LogP contribution < -0.4 is 10.1 Å². The topological polar surface area (TPSA) is 113 Å². The van der Waals surface area contributed by atoms with Crippen molar-refractivity contribution >= 4 is 28.6 Å². The fourth-order valence-electron chi connectivity index (χ4n) is 2.98. The van der Waals surface area contributed by atoms with E-state index in [0.717, 1.165) is 11.8 Å². The molecular formula is C16H18N2O6S. The van der Waals surface area contributed by atoms with E-state index in [9.17, 15) is 23.7 Å². The van der Waals surface area contributed by atoms with Crippen molar-refractivity contribution < 1.29 is 32.5 Å². The van der Waals surface area contributed by atoms with Crippen molar-refractivity contribution in [3.05, 3.63) is 30.3 Å². The Labute approximate surface area is 150 Å². The van der Waals surface area contributed by atoms with Crippen LogP contribution in [0.3, 0.4) is 0 Å². The van der Waals surface area contributed by atoms with Crippen LogP contribution in [0, 0.1) is 0 Å². The first-order valence-corrected chi connectivity index (χ1v) is 8.64. The highest BCUT2D eigenvalue weighted by Gasteiger charge is 2.68. The zero-order valence-corrected chi connectivity index (χ0v) is 14.0. The first kappa shape index (κ1) is 13.8. The Kier molecular flexibility index (Phi) is 3.40. The van der Waals surface area contributed by atoms with E-state index in [1.807, 2.05) is 0 Å². The molecule has 3 rings (SSSR count). The van der Waals surface area contributed by atoms with Gasteiger partial charge in [0.25, 0.3) is 5.91 Å². The molecule has 1 aromatic rings. The Hall–Kier alpha value is -2.42. The number of nitrogens with one attached hydrogen (secondary N) is 1. The number of nitrogens with zero attached hydrogens (tertiary/aromatic N) is 1. The second kappa shape index (κ2) is 6.14. The Morgan fingerprint density at radius 2 is 2.12 bits per heavy atom. The molecule has 2 saturated heterocycles. The van der Waals surface area contributed by atoms with E-state index in [4.69, 9.17) is 8.85 Å². The minimum absolute atomic E-state index is 0.411. The maximum atomic E-state index is 12.9. The van der Waals surface area contributed by atoms with Crippen LogP contribution in [0.25, 0.3) is 0 Å². The van der Waals surface area contributed by atoms with E-state index in [1.54, 1.807) is 30.3 Å². The molecule has 0 aromatic heterocycles. The van der Waals surface area contributed by atoms with Crippen LogP contribution in [-0.2, 0) is 25.2 Å². The molecule has 134 valence electrons. The molecule has 0 aliphatic carbocycles. The van der Waals surface area contributed by atoms with Crippen molar-refractivity contribution in [3.8, 4) is 5.75 Å². The van der Waals surface area contributed by atoms with E-state index in [2.05, 4.69) is 5.32 Å². The lowest BCUT2D eigenvalue weighted by atomic mass is 9.96. The lowest BCUT2D eigenvalue weighted by Gasteiger charge is -2.42. The van der Waals surface area contributed by atoms with Gasteiger partial charge in [0.15, 0.2) is 6.61 Å². The molecule has 2 N–H and O–H groups in total. The number of amides is 2. The Balaban J connectivity index is 1.75. The zero-order valence-electron chi connectivity index (χ0n) is 16.2. The van der Waals surface area contributed by atoms with Crippen LogP contribution in [0.5, 0.6) is 5.75 Å². The number of hydrogen-bond donors (Lipinski definition) is 2. The van der Waals surface area contributed by atoms with Gasteiger partial charge in [0, 0.05) is 4.11 Å². The number of benzene rings is 1. The van der Waals surface area contributed by atoms with Crippen LogP contribution >= 0.6 is 0 Å². The van der Waals surface area contributed by atoms with Crippen LogP contribution in [0.4, 0.5) is 0 Å². The summed E-state index contributed by atoms with van der Waals surface area (Å²) in [5, 5.41) is 10.6. The van der Waals surface area contributed by atoms with Gasteiger partial charge in [0.2, 0.25) is 5.91 Å². The Morgan fingerprint density at radius 3 is 2.72 bits per heavy atom. The molecule has 2 aliphatic heterocycles. The highest BCUT2D eigenvalue weighted by molar-refractivity contribution is 7.87. The van der Waals surface area contributed by atoms with Crippen LogP contribution in [0.15, 0.2) is 30.3 Å². The maximum Gasteiger partial charge on any atom is 0.328 e.